The number of carbonyl (C=O) groups is 2. The summed E-state index contributed by atoms with van der Waals surface area (Å²) in [6.45, 7) is 4.02. The summed E-state index contributed by atoms with van der Waals surface area (Å²) in [7, 11) is 0. The fraction of sp³-hybridized carbons (Fsp3) is 0.579. The lowest BCUT2D eigenvalue weighted by molar-refractivity contribution is -0.122. The monoisotopic (exact) mass is 391 g/mol. The molecule has 8 heteroatoms. The number of nitrogens with zero attached hydrogens (tertiary/aromatic N) is 2. The SMILES string of the molecule is CCOC(=O)c1sc2ncn(CCC(=O)NC3CCCCC3)c(=O)c2c1C. The first-order chi connectivity index (χ1) is 13.0. The number of amides is 1. The molecule has 0 unspecified atom stereocenters. The Labute approximate surface area is 161 Å². The maximum absolute atomic E-state index is 12.8. The molecule has 1 fully saturated rings. The molecule has 2 aromatic rings. The molecule has 3 rings (SSSR count). The second-order valence-corrected chi connectivity index (χ2v) is 7.85. The number of hydrogen-bond donors (Lipinski definition) is 1. The molecule has 1 aliphatic rings. The minimum atomic E-state index is -0.434. The molecule has 0 aromatic carbocycles. The van der Waals surface area contributed by atoms with Gasteiger partial charge in [0, 0.05) is 19.0 Å². The van der Waals surface area contributed by atoms with Crippen molar-refractivity contribution in [1.29, 1.82) is 0 Å². The standard InChI is InChI=1S/C19H25N3O4S/c1-3-26-19(25)16-12(2)15-17(27-16)20-11-22(18(15)24)10-9-14(23)21-13-7-5-4-6-8-13/h11,13H,3-10H2,1-2H3,(H,21,23). The molecule has 0 bridgehead atoms. The van der Waals surface area contributed by atoms with Gasteiger partial charge in [0.05, 0.1) is 18.3 Å². The fourth-order valence-electron chi connectivity index (χ4n) is 3.48. The van der Waals surface area contributed by atoms with E-state index in [2.05, 4.69) is 10.3 Å². The van der Waals surface area contributed by atoms with Crippen LogP contribution >= 0.6 is 11.3 Å². The van der Waals surface area contributed by atoms with Gasteiger partial charge in [-0.15, -0.1) is 11.3 Å². The van der Waals surface area contributed by atoms with Gasteiger partial charge in [-0.25, -0.2) is 9.78 Å². The summed E-state index contributed by atoms with van der Waals surface area (Å²) >= 11 is 1.16. The van der Waals surface area contributed by atoms with E-state index in [9.17, 15) is 14.4 Å². The van der Waals surface area contributed by atoms with E-state index in [0.29, 0.717) is 20.7 Å². The molecule has 1 saturated carbocycles. The molecular formula is C19H25N3O4S. The summed E-state index contributed by atoms with van der Waals surface area (Å²) in [4.78, 5) is 42.2. The lowest BCUT2D eigenvalue weighted by Crippen LogP contribution is -2.37. The number of rotatable bonds is 6. The molecule has 0 radical (unpaired) electrons. The highest BCUT2D eigenvalue weighted by Crippen LogP contribution is 2.27. The van der Waals surface area contributed by atoms with E-state index < -0.39 is 5.97 Å². The Morgan fingerprint density at radius 2 is 2.07 bits per heavy atom. The number of aryl methyl sites for hydroxylation is 2. The van der Waals surface area contributed by atoms with Crippen molar-refractivity contribution < 1.29 is 14.3 Å². The Morgan fingerprint density at radius 3 is 2.78 bits per heavy atom. The van der Waals surface area contributed by atoms with Crippen LogP contribution in [-0.2, 0) is 16.1 Å². The van der Waals surface area contributed by atoms with Gasteiger partial charge in [-0.2, -0.15) is 0 Å². The third-order valence-electron chi connectivity index (χ3n) is 4.93. The molecule has 0 saturated heterocycles. The lowest BCUT2D eigenvalue weighted by Gasteiger charge is -2.22. The van der Waals surface area contributed by atoms with Crippen molar-refractivity contribution in [2.75, 3.05) is 6.61 Å². The number of esters is 1. The predicted octanol–water partition coefficient (Wildman–Crippen LogP) is 2.78. The van der Waals surface area contributed by atoms with Gasteiger partial charge in [0.15, 0.2) is 0 Å². The Hall–Kier alpha value is -2.22. The summed E-state index contributed by atoms with van der Waals surface area (Å²) in [5.74, 6) is -0.473. The molecule has 2 heterocycles. The van der Waals surface area contributed by atoms with Gasteiger partial charge in [-0.05, 0) is 32.3 Å². The Balaban J connectivity index is 1.72. The molecule has 2 aromatic heterocycles. The van der Waals surface area contributed by atoms with Crippen molar-refractivity contribution >= 4 is 33.4 Å². The van der Waals surface area contributed by atoms with Crippen LogP contribution in [0.15, 0.2) is 11.1 Å². The molecule has 146 valence electrons. The van der Waals surface area contributed by atoms with Crippen molar-refractivity contribution in [3.8, 4) is 0 Å². The summed E-state index contributed by atoms with van der Waals surface area (Å²) in [5, 5.41) is 3.49. The maximum atomic E-state index is 12.8. The normalized spacial score (nSPS) is 15.0. The zero-order valence-electron chi connectivity index (χ0n) is 15.7. The van der Waals surface area contributed by atoms with Crippen LogP contribution in [0.3, 0.4) is 0 Å². The highest BCUT2D eigenvalue weighted by Gasteiger charge is 2.21. The van der Waals surface area contributed by atoms with Crippen LogP contribution in [0.5, 0.6) is 0 Å². The zero-order chi connectivity index (χ0) is 19.4. The van der Waals surface area contributed by atoms with Gasteiger partial charge < -0.3 is 10.1 Å². The summed E-state index contributed by atoms with van der Waals surface area (Å²) in [6.07, 6.45) is 7.30. The van der Waals surface area contributed by atoms with E-state index in [1.807, 2.05) is 0 Å². The van der Waals surface area contributed by atoms with E-state index in [-0.39, 0.29) is 37.1 Å². The number of aromatic nitrogens is 2. The Kier molecular flexibility index (Phi) is 6.26. The zero-order valence-corrected chi connectivity index (χ0v) is 16.6. The lowest BCUT2D eigenvalue weighted by atomic mass is 9.95. The number of fused-ring (bicyclic) bond motifs is 1. The number of carbonyl (C=O) groups excluding carboxylic acids is 2. The largest absolute Gasteiger partial charge is 0.462 e. The molecule has 7 nitrogen and oxygen atoms in total. The van der Waals surface area contributed by atoms with Crippen LogP contribution in [0, 0.1) is 6.92 Å². The third-order valence-corrected chi connectivity index (χ3v) is 6.11. The first-order valence-electron chi connectivity index (χ1n) is 9.46. The minimum Gasteiger partial charge on any atom is -0.462 e. The van der Waals surface area contributed by atoms with E-state index in [1.54, 1.807) is 13.8 Å². The van der Waals surface area contributed by atoms with E-state index in [0.717, 1.165) is 37.0 Å². The van der Waals surface area contributed by atoms with Crippen LogP contribution in [0.1, 0.15) is 60.7 Å². The summed E-state index contributed by atoms with van der Waals surface area (Å²) in [6, 6.07) is 0.259. The highest BCUT2D eigenvalue weighted by molar-refractivity contribution is 7.20. The van der Waals surface area contributed by atoms with Crippen LogP contribution < -0.4 is 10.9 Å². The van der Waals surface area contributed by atoms with Crippen molar-refractivity contribution in [2.45, 2.75) is 65.0 Å². The molecule has 1 aliphatic carbocycles. The average molecular weight is 391 g/mol. The number of thiophene rings is 1. The first-order valence-corrected chi connectivity index (χ1v) is 10.3. The molecule has 1 amide bonds. The van der Waals surface area contributed by atoms with Gasteiger partial charge in [0.2, 0.25) is 5.91 Å². The molecule has 0 atom stereocenters. The first kappa shape index (κ1) is 19.5. The van der Waals surface area contributed by atoms with Crippen molar-refractivity contribution in [2.24, 2.45) is 0 Å². The Bertz CT molecular complexity index is 896. The number of ether oxygens (including phenoxy) is 1. The van der Waals surface area contributed by atoms with Crippen LogP contribution in [0.25, 0.3) is 10.2 Å². The van der Waals surface area contributed by atoms with E-state index in [1.165, 1.54) is 17.3 Å². The van der Waals surface area contributed by atoms with Gasteiger partial charge in [0.1, 0.15) is 9.71 Å². The smallest absolute Gasteiger partial charge is 0.348 e. The fourth-order valence-corrected chi connectivity index (χ4v) is 4.51. The van der Waals surface area contributed by atoms with E-state index in [4.69, 9.17) is 4.74 Å². The van der Waals surface area contributed by atoms with Crippen LogP contribution in [0.2, 0.25) is 0 Å². The minimum absolute atomic E-state index is 0.0387. The second-order valence-electron chi connectivity index (χ2n) is 6.85. The van der Waals surface area contributed by atoms with Crippen molar-refractivity contribution in [1.82, 2.24) is 14.9 Å². The third kappa shape index (κ3) is 4.37. The van der Waals surface area contributed by atoms with Gasteiger partial charge >= 0.3 is 5.97 Å². The summed E-state index contributed by atoms with van der Waals surface area (Å²) in [5.41, 5.74) is 0.363. The Morgan fingerprint density at radius 1 is 1.33 bits per heavy atom. The van der Waals surface area contributed by atoms with Gasteiger partial charge in [-0.1, -0.05) is 19.3 Å². The second kappa shape index (κ2) is 8.65. The van der Waals surface area contributed by atoms with Gasteiger partial charge in [-0.3, -0.25) is 14.2 Å². The van der Waals surface area contributed by atoms with Crippen LogP contribution in [-0.4, -0.2) is 34.1 Å². The molecule has 27 heavy (non-hydrogen) atoms. The topological polar surface area (TPSA) is 90.3 Å². The summed E-state index contributed by atoms with van der Waals surface area (Å²) < 4.78 is 6.48. The van der Waals surface area contributed by atoms with Crippen molar-refractivity contribution in [3.05, 3.63) is 27.1 Å². The van der Waals surface area contributed by atoms with Gasteiger partial charge in [0.25, 0.3) is 5.56 Å². The number of hydrogen-bond acceptors (Lipinski definition) is 6. The highest BCUT2D eigenvalue weighted by atomic mass is 32.1. The van der Waals surface area contributed by atoms with Crippen molar-refractivity contribution in [3.63, 3.8) is 0 Å². The van der Waals surface area contributed by atoms with E-state index >= 15 is 0 Å². The molecule has 0 spiro atoms. The quantitative estimate of drug-likeness (QED) is 0.765. The maximum Gasteiger partial charge on any atom is 0.348 e. The molecule has 1 N–H and O–H groups in total. The average Bonchev–Trinajstić information content (AvgIpc) is 3.00. The molecule has 0 aliphatic heterocycles. The molecular weight excluding hydrogens is 366 g/mol. The number of nitrogens with one attached hydrogen (secondary N) is 1. The predicted molar refractivity (Wildman–Crippen MR) is 104 cm³/mol. The van der Waals surface area contributed by atoms with Crippen LogP contribution in [0.4, 0.5) is 0 Å².